The van der Waals surface area contributed by atoms with Gasteiger partial charge in [0.15, 0.2) is 11.5 Å². The minimum atomic E-state index is -3.78. The Labute approximate surface area is 172 Å². The van der Waals surface area contributed by atoms with Crippen molar-refractivity contribution in [1.82, 2.24) is 4.83 Å². The third-order valence-corrected chi connectivity index (χ3v) is 5.77. The van der Waals surface area contributed by atoms with Crippen LogP contribution in [0.3, 0.4) is 0 Å². The summed E-state index contributed by atoms with van der Waals surface area (Å²) < 4.78 is 36.6. The molecule has 8 heteroatoms. The van der Waals surface area contributed by atoms with Crippen molar-refractivity contribution in [2.75, 3.05) is 13.7 Å². The summed E-state index contributed by atoms with van der Waals surface area (Å²) in [5, 5.41) is 5.69. The van der Waals surface area contributed by atoms with Crippen LogP contribution in [0.15, 0.2) is 69.1 Å². The van der Waals surface area contributed by atoms with E-state index in [0.29, 0.717) is 28.1 Å². The van der Waals surface area contributed by atoms with Crippen molar-refractivity contribution >= 4 is 42.9 Å². The van der Waals surface area contributed by atoms with Gasteiger partial charge in [0.25, 0.3) is 10.0 Å². The van der Waals surface area contributed by atoms with Crippen molar-refractivity contribution < 1.29 is 17.9 Å². The highest BCUT2D eigenvalue weighted by atomic mass is 79.9. The lowest BCUT2D eigenvalue weighted by Gasteiger charge is -2.12. The van der Waals surface area contributed by atoms with Crippen molar-refractivity contribution in [3.8, 4) is 11.5 Å². The first-order valence-electron chi connectivity index (χ1n) is 8.48. The molecular weight excluding hydrogens is 444 g/mol. The number of hydrazone groups is 1. The Kier molecular flexibility index (Phi) is 6.21. The van der Waals surface area contributed by atoms with Crippen LogP contribution in [0.25, 0.3) is 10.8 Å². The quantitative estimate of drug-likeness (QED) is 0.418. The van der Waals surface area contributed by atoms with Crippen LogP contribution in [0.5, 0.6) is 11.5 Å². The van der Waals surface area contributed by atoms with Crippen LogP contribution < -0.4 is 14.3 Å². The van der Waals surface area contributed by atoms with Crippen LogP contribution >= 0.6 is 15.9 Å². The van der Waals surface area contributed by atoms with E-state index in [2.05, 4.69) is 25.9 Å². The molecular formula is C20H19BrN2O4S. The van der Waals surface area contributed by atoms with Crippen molar-refractivity contribution in [2.24, 2.45) is 5.10 Å². The molecule has 0 aromatic heterocycles. The first-order valence-corrected chi connectivity index (χ1v) is 10.8. The fourth-order valence-corrected chi connectivity index (χ4v) is 4.06. The lowest BCUT2D eigenvalue weighted by molar-refractivity contribution is 0.309. The number of hydrogen-bond acceptors (Lipinski definition) is 5. The van der Waals surface area contributed by atoms with Crippen LogP contribution in [-0.2, 0) is 10.0 Å². The maximum atomic E-state index is 12.5. The Bertz CT molecular complexity index is 1130. The van der Waals surface area contributed by atoms with Gasteiger partial charge in [-0.25, -0.2) is 4.83 Å². The third kappa shape index (κ3) is 4.45. The number of ether oxygens (including phenoxy) is 2. The molecule has 3 aromatic rings. The molecule has 0 heterocycles. The van der Waals surface area contributed by atoms with E-state index in [1.165, 1.54) is 13.3 Å². The first-order chi connectivity index (χ1) is 13.4. The van der Waals surface area contributed by atoms with Gasteiger partial charge in [-0.1, -0.05) is 30.3 Å². The van der Waals surface area contributed by atoms with Crippen LogP contribution in [0.1, 0.15) is 12.5 Å². The molecule has 28 heavy (non-hydrogen) atoms. The zero-order valence-electron chi connectivity index (χ0n) is 15.3. The molecule has 0 spiro atoms. The van der Waals surface area contributed by atoms with Gasteiger partial charge in [0.2, 0.25) is 0 Å². The molecule has 0 unspecified atom stereocenters. The summed E-state index contributed by atoms with van der Waals surface area (Å²) >= 11 is 3.43. The second-order valence-electron chi connectivity index (χ2n) is 5.83. The van der Waals surface area contributed by atoms with Gasteiger partial charge in [-0.3, -0.25) is 0 Å². The monoisotopic (exact) mass is 462 g/mol. The highest BCUT2D eigenvalue weighted by molar-refractivity contribution is 9.10. The van der Waals surface area contributed by atoms with E-state index in [1.807, 2.05) is 31.2 Å². The van der Waals surface area contributed by atoms with Gasteiger partial charge >= 0.3 is 0 Å². The molecule has 3 rings (SSSR count). The fraction of sp³-hybridized carbons (Fsp3) is 0.150. The molecule has 0 saturated heterocycles. The van der Waals surface area contributed by atoms with Gasteiger partial charge in [-0.05, 0) is 63.5 Å². The minimum Gasteiger partial charge on any atom is -0.493 e. The average Bonchev–Trinajstić information content (AvgIpc) is 2.69. The van der Waals surface area contributed by atoms with Crippen molar-refractivity contribution in [1.29, 1.82) is 0 Å². The zero-order chi connectivity index (χ0) is 20.1. The van der Waals surface area contributed by atoms with E-state index in [4.69, 9.17) is 9.47 Å². The molecule has 6 nitrogen and oxygen atoms in total. The molecule has 0 aliphatic rings. The Morgan fingerprint density at radius 3 is 2.57 bits per heavy atom. The molecule has 0 atom stereocenters. The second-order valence-corrected chi connectivity index (χ2v) is 8.34. The summed E-state index contributed by atoms with van der Waals surface area (Å²) in [6.45, 7) is 2.37. The molecule has 0 aliphatic carbocycles. The Morgan fingerprint density at radius 1 is 1.11 bits per heavy atom. The number of hydrogen-bond donors (Lipinski definition) is 1. The predicted octanol–water partition coefficient (Wildman–Crippen LogP) is 4.32. The van der Waals surface area contributed by atoms with Crippen molar-refractivity contribution in [2.45, 2.75) is 11.8 Å². The summed E-state index contributed by atoms with van der Waals surface area (Å²) in [6.07, 6.45) is 1.40. The van der Waals surface area contributed by atoms with Gasteiger partial charge in [0.05, 0.1) is 29.3 Å². The standard InChI is InChI=1S/C20H19BrN2O4S/c1-3-27-20-18(21)10-14(11-19(20)26-2)13-22-23-28(24,25)17-9-8-15-6-4-5-7-16(15)12-17/h4-13,23H,3H2,1-2H3/b22-13+. The summed E-state index contributed by atoms with van der Waals surface area (Å²) in [5.41, 5.74) is 0.647. The highest BCUT2D eigenvalue weighted by Gasteiger charge is 2.14. The summed E-state index contributed by atoms with van der Waals surface area (Å²) in [4.78, 5) is 2.39. The van der Waals surface area contributed by atoms with E-state index in [9.17, 15) is 8.42 Å². The number of methoxy groups -OCH3 is 1. The Morgan fingerprint density at radius 2 is 1.86 bits per heavy atom. The van der Waals surface area contributed by atoms with E-state index in [1.54, 1.807) is 30.3 Å². The van der Waals surface area contributed by atoms with Crippen LogP contribution in [0.4, 0.5) is 0 Å². The summed E-state index contributed by atoms with van der Waals surface area (Å²) in [6, 6.07) is 16.0. The van der Waals surface area contributed by atoms with Gasteiger partial charge < -0.3 is 9.47 Å². The molecule has 0 fully saturated rings. The average molecular weight is 463 g/mol. The predicted molar refractivity (Wildman–Crippen MR) is 114 cm³/mol. The molecule has 3 aromatic carbocycles. The van der Waals surface area contributed by atoms with E-state index in [-0.39, 0.29) is 4.90 Å². The van der Waals surface area contributed by atoms with Crippen LogP contribution in [0, 0.1) is 0 Å². The van der Waals surface area contributed by atoms with Crippen LogP contribution in [-0.4, -0.2) is 28.3 Å². The third-order valence-electron chi connectivity index (χ3n) is 3.96. The van der Waals surface area contributed by atoms with Gasteiger partial charge in [-0.15, -0.1) is 0 Å². The largest absolute Gasteiger partial charge is 0.493 e. The molecule has 0 amide bonds. The van der Waals surface area contributed by atoms with Crippen LogP contribution in [0.2, 0.25) is 0 Å². The number of rotatable bonds is 7. The Balaban J connectivity index is 1.81. The molecule has 0 radical (unpaired) electrons. The Hall–Kier alpha value is -2.58. The highest BCUT2D eigenvalue weighted by Crippen LogP contribution is 2.36. The summed E-state index contributed by atoms with van der Waals surface area (Å²) in [7, 11) is -2.24. The smallest absolute Gasteiger partial charge is 0.276 e. The second kappa shape index (κ2) is 8.62. The zero-order valence-corrected chi connectivity index (χ0v) is 17.7. The lowest BCUT2D eigenvalue weighted by atomic mass is 10.1. The van der Waals surface area contributed by atoms with E-state index < -0.39 is 10.0 Å². The maximum Gasteiger partial charge on any atom is 0.276 e. The number of halogens is 1. The topological polar surface area (TPSA) is 77.0 Å². The molecule has 0 bridgehead atoms. The number of benzene rings is 3. The fourth-order valence-electron chi connectivity index (χ4n) is 2.66. The number of sulfonamides is 1. The number of nitrogens with one attached hydrogen (secondary N) is 1. The molecule has 0 aliphatic heterocycles. The lowest BCUT2D eigenvalue weighted by Crippen LogP contribution is -2.18. The summed E-state index contributed by atoms with van der Waals surface area (Å²) in [5.74, 6) is 1.11. The molecule has 146 valence electrons. The SMILES string of the molecule is CCOc1c(Br)cc(/C=N/NS(=O)(=O)c2ccc3ccccc3c2)cc1OC. The van der Waals surface area contributed by atoms with E-state index in [0.717, 1.165) is 10.8 Å². The maximum absolute atomic E-state index is 12.5. The number of nitrogens with zero attached hydrogens (tertiary/aromatic N) is 1. The van der Waals surface area contributed by atoms with E-state index >= 15 is 0 Å². The number of fused-ring (bicyclic) bond motifs is 1. The molecule has 1 N–H and O–H groups in total. The minimum absolute atomic E-state index is 0.147. The van der Waals surface area contributed by atoms with Gasteiger partial charge in [0.1, 0.15) is 0 Å². The normalized spacial score (nSPS) is 11.7. The van der Waals surface area contributed by atoms with Gasteiger partial charge in [-0.2, -0.15) is 13.5 Å². The van der Waals surface area contributed by atoms with Crippen molar-refractivity contribution in [3.63, 3.8) is 0 Å². The molecule has 0 saturated carbocycles. The first kappa shape index (κ1) is 20.2. The van der Waals surface area contributed by atoms with Crippen molar-refractivity contribution in [3.05, 3.63) is 64.6 Å². The van der Waals surface area contributed by atoms with Gasteiger partial charge in [0, 0.05) is 0 Å².